The summed E-state index contributed by atoms with van der Waals surface area (Å²) in [5, 5.41) is 2.69. The molecule has 1 fully saturated rings. The lowest BCUT2D eigenvalue weighted by molar-refractivity contribution is -0.149. The van der Waals surface area contributed by atoms with Gasteiger partial charge >= 0.3 is 0 Å². The molecule has 0 bridgehead atoms. The maximum absolute atomic E-state index is 11.9. The molecule has 2 unspecified atom stereocenters. The molecule has 0 saturated carbocycles. The van der Waals surface area contributed by atoms with Crippen molar-refractivity contribution in [3.63, 3.8) is 0 Å². The van der Waals surface area contributed by atoms with Gasteiger partial charge in [-0.2, -0.15) is 0 Å². The van der Waals surface area contributed by atoms with Crippen LogP contribution >= 0.6 is 0 Å². The van der Waals surface area contributed by atoms with E-state index in [9.17, 15) is 9.59 Å². The topological polar surface area (TPSA) is 49.4 Å². The second-order valence-corrected chi connectivity index (χ2v) is 4.31. The summed E-state index contributed by atoms with van der Waals surface area (Å²) >= 11 is 0. The molecule has 16 heavy (non-hydrogen) atoms. The van der Waals surface area contributed by atoms with Crippen LogP contribution in [0.2, 0.25) is 0 Å². The first-order chi connectivity index (χ1) is 7.49. The van der Waals surface area contributed by atoms with Gasteiger partial charge in [0.05, 0.1) is 6.54 Å². The number of carbonyl (C=O) groups excluding carboxylic acids is 2. The van der Waals surface area contributed by atoms with E-state index in [0.29, 0.717) is 6.54 Å². The predicted octanol–water partition coefficient (Wildman–Crippen LogP) is 0.381. The highest BCUT2D eigenvalue weighted by Gasteiger charge is 2.39. The largest absolute Gasteiger partial charge is 0.343 e. The molecule has 1 aliphatic rings. The minimum absolute atomic E-state index is 0.0546. The summed E-state index contributed by atoms with van der Waals surface area (Å²) in [4.78, 5) is 25.3. The summed E-state index contributed by atoms with van der Waals surface area (Å²) in [7, 11) is 0. The number of hydrogen-bond acceptors (Lipinski definition) is 2. The van der Waals surface area contributed by atoms with E-state index < -0.39 is 12.1 Å². The molecule has 1 aliphatic heterocycles. The van der Waals surface area contributed by atoms with Crippen LogP contribution in [0.5, 0.6) is 0 Å². The van der Waals surface area contributed by atoms with Gasteiger partial charge in [-0.3, -0.25) is 9.59 Å². The third kappa shape index (κ3) is 2.35. The van der Waals surface area contributed by atoms with Crippen molar-refractivity contribution in [2.45, 2.75) is 39.8 Å². The van der Waals surface area contributed by atoms with Crippen LogP contribution < -0.4 is 5.32 Å². The summed E-state index contributed by atoms with van der Waals surface area (Å²) in [5.74, 6) is 5.55. The Bertz CT molecular complexity index is 352. The van der Waals surface area contributed by atoms with Crippen LogP contribution in [0.1, 0.15) is 27.7 Å². The smallest absolute Gasteiger partial charge is 0.246 e. The standard InChI is InChI=1S/C12H18N2O2/c1-5-6-7-14-10(8(2)3)11(15)13-9(4)12(14)16/h8-10H,7H2,1-4H3,(H,13,15). The van der Waals surface area contributed by atoms with Crippen molar-refractivity contribution in [3.8, 4) is 11.8 Å². The van der Waals surface area contributed by atoms with Crippen molar-refractivity contribution in [2.75, 3.05) is 6.54 Å². The normalized spacial score (nSPS) is 25.2. The summed E-state index contributed by atoms with van der Waals surface area (Å²) < 4.78 is 0. The van der Waals surface area contributed by atoms with E-state index in [1.807, 2.05) is 13.8 Å². The Morgan fingerprint density at radius 2 is 2.06 bits per heavy atom. The fourth-order valence-corrected chi connectivity index (χ4v) is 1.89. The molecular formula is C12H18N2O2. The zero-order valence-electron chi connectivity index (χ0n) is 10.2. The fraction of sp³-hybridized carbons (Fsp3) is 0.667. The molecule has 2 atom stereocenters. The van der Waals surface area contributed by atoms with Gasteiger partial charge in [-0.15, -0.1) is 5.92 Å². The Balaban J connectivity index is 2.95. The van der Waals surface area contributed by atoms with E-state index >= 15 is 0 Å². The van der Waals surface area contributed by atoms with Gasteiger partial charge in [0.25, 0.3) is 0 Å². The molecule has 1 rings (SSSR count). The highest BCUT2D eigenvalue weighted by molar-refractivity contribution is 5.97. The maximum Gasteiger partial charge on any atom is 0.246 e. The lowest BCUT2D eigenvalue weighted by Crippen LogP contribution is -2.63. The SMILES string of the molecule is CC#CCN1C(=O)C(C)NC(=O)C1C(C)C. The zero-order chi connectivity index (χ0) is 12.3. The molecule has 1 N–H and O–H groups in total. The molecule has 0 aromatic heterocycles. The molecule has 88 valence electrons. The van der Waals surface area contributed by atoms with Crippen molar-refractivity contribution in [1.82, 2.24) is 10.2 Å². The van der Waals surface area contributed by atoms with Crippen molar-refractivity contribution < 1.29 is 9.59 Å². The number of hydrogen-bond donors (Lipinski definition) is 1. The minimum Gasteiger partial charge on any atom is -0.343 e. The van der Waals surface area contributed by atoms with E-state index in [1.54, 1.807) is 18.7 Å². The average Bonchev–Trinajstić information content (AvgIpc) is 2.20. The van der Waals surface area contributed by atoms with Crippen molar-refractivity contribution in [2.24, 2.45) is 5.92 Å². The molecule has 1 saturated heterocycles. The third-order valence-corrected chi connectivity index (χ3v) is 2.67. The van der Waals surface area contributed by atoms with Gasteiger partial charge in [0, 0.05) is 0 Å². The highest BCUT2D eigenvalue weighted by atomic mass is 16.2. The first-order valence-electron chi connectivity index (χ1n) is 5.49. The number of amides is 2. The lowest BCUT2D eigenvalue weighted by Gasteiger charge is -2.38. The number of nitrogens with one attached hydrogen (secondary N) is 1. The molecular weight excluding hydrogens is 204 g/mol. The summed E-state index contributed by atoms with van der Waals surface area (Å²) in [6.07, 6.45) is 0. The molecule has 0 aliphatic carbocycles. The second kappa shape index (κ2) is 5.02. The molecule has 1 heterocycles. The summed E-state index contributed by atoms with van der Waals surface area (Å²) in [6, 6.07) is -0.842. The van der Waals surface area contributed by atoms with Crippen molar-refractivity contribution in [3.05, 3.63) is 0 Å². The lowest BCUT2D eigenvalue weighted by atomic mass is 9.97. The monoisotopic (exact) mass is 222 g/mol. The summed E-state index contributed by atoms with van der Waals surface area (Å²) in [5.41, 5.74) is 0. The van der Waals surface area contributed by atoms with E-state index in [4.69, 9.17) is 0 Å². The van der Waals surface area contributed by atoms with E-state index in [2.05, 4.69) is 17.2 Å². The molecule has 0 aromatic carbocycles. The second-order valence-electron chi connectivity index (χ2n) is 4.31. The number of carbonyl (C=O) groups is 2. The van der Waals surface area contributed by atoms with Gasteiger partial charge in [-0.1, -0.05) is 19.8 Å². The fourth-order valence-electron chi connectivity index (χ4n) is 1.89. The molecule has 0 spiro atoms. The van der Waals surface area contributed by atoms with Crippen LogP contribution in [0.3, 0.4) is 0 Å². The van der Waals surface area contributed by atoms with Gasteiger partial charge in [0.2, 0.25) is 11.8 Å². The minimum atomic E-state index is -0.443. The van der Waals surface area contributed by atoms with Gasteiger partial charge in [0.15, 0.2) is 0 Å². The van der Waals surface area contributed by atoms with Crippen LogP contribution in [-0.2, 0) is 9.59 Å². The van der Waals surface area contributed by atoms with Gasteiger partial charge in [-0.05, 0) is 19.8 Å². The van der Waals surface area contributed by atoms with Crippen LogP contribution in [-0.4, -0.2) is 35.3 Å². The molecule has 2 amide bonds. The maximum atomic E-state index is 11.9. The Labute approximate surface area is 96.4 Å². The van der Waals surface area contributed by atoms with Crippen molar-refractivity contribution in [1.29, 1.82) is 0 Å². The van der Waals surface area contributed by atoms with Crippen LogP contribution in [0, 0.1) is 17.8 Å². The Kier molecular flexibility index (Phi) is 3.94. The number of nitrogens with zero attached hydrogens (tertiary/aromatic N) is 1. The molecule has 4 heteroatoms. The van der Waals surface area contributed by atoms with Gasteiger partial charge in [-0.25, -0.2) is 0 Å². The Morgan fingerprint density at radius 1 is 1.44 bits per heavy atom. The Hall–Kier alpha value is -1.50. The molecule has 0 radical (unpaired) electrons. The van der Waals surface area contributed by atoms with Crippen LogP contribution in [0.15, 0.2) is 0 Å². The number of piperazine rings is 1. The van der Waals surface area contributed by atoms with E-state index in [-0.39, 0.29) is 17.7 Å². The van der Waals surface area contributed by atoms with Crippen LogP contribution in [0.25, 0.3) is 0 Å². The first-order valence-corrected chi connectivity index (χ1v) is 5.49. The Morgan fingerprint density at radius 3 is 2.56 bits per heavy atom. The van der Waals surface area contributed by atoms with E-state index in [0.717, 1.165) is 0 Å². The van der Waals surface area contributed by atoms with Crippen LogP contribution in [0.4, 0.5) is 0 Å². The quantitative estimate of drug-likeness (QED) is 0.687. The van der Waals surface area contributed by atoms with E-state index in [1.165, 1.54) is 0 Å². The first kappa shape index (κ1) is 12.6. The zero-order valence-corrected chi connectivity index (χ0v) is 10.2. The molecule has 4 nitrogen and oxygen atoms in total. The van der Waals surface area contributed by atoms with Crippen molar-refractivity contribution >= 4 is 11.8 Å². The summed E-state index contributed by atoms with van der Waals surface area (Å²) in [6.45, 7) is 7.61. The number of rotatable bonds is 2. The predicted molar refractivity (Wildman–Crippen MR) is 61.4 cm³/mol. The van der Waals surface area contributed by atoms with Gasteiger partial charge < -0.3 is 10.2 Å². The highest BCUT2D eigenvalue weighted by Crippen LogP contribution is 2.16. The average molecular weight is 222 g/mol. The molecule has 0 aromatic rings. The third-order valence-electron chi connectivity index (χ3n) is 2.67. The van der Waals surface area contributed by atoms with Gasteiger partial charge in [0.1, 0.15) is 12.1 Å².